The number of allylic oxidation sites excluding steroid dienone is 7. The second-order valence-corrected chi connectivity index (χ2v) is 15.8. The molecule has 0 aromatic rings. The fourth-order valence-electron chi connectivity index (χ4n) is 11.7. The Kier molecular flexibility index (Phi) is 14.5. The van der Waals surface area contributed by atoms with Gasteiger partial charge in [-0.2, -0.15) is 0 Å². The minimum Gasteiger partial charge on any atom is -0.388 e. The van der Waals surface area contributed by atoms with Gasteiger partial charge in [-0.3, -0.25) is 4.79 Å². The number of rotatable bonds is 2. The minimum atomic E-state index is 0.144. The van der Waals surface area contributed by atoms with E-state index in [-0.39, 0.29) is 11.0 Å². The summed E-state index contributed by atoms with van der Waals surface area (Å²) in [7, 11) is 3.25. The van der Waals surface area contributed by atoms with Crippen molar-refractivity contribution in [1.82, 2.24) is 0 Å². The first-order chi connectivity index (χ1) is 21.3. The van der Waals surface area contributed by atoms with E-state index in [4.69, 9.17) is 5.73 Å². The van der Waals surface area contributed by atoms with Gasteiger partial charge in [-0.1, -0.05) is 79.2 Å². The smallest absolute Gasteiger partial charge is 0.146 e. The molecule has 0 spiro atoms. The number of halogens is 1. The van der Waals surface area contributed by atoms with Crippen molar-refractivity contribution in [2.45, 2.75) is 138 Å². The Bertz CT molecular complexity index is 1090. The molecule has 0 aliphatic heterocycles. The van der Waals surface area contributed by atoms with Gasteiger partial charge in [0.2, 0.25) is 0 Å². The predicted molar refractivity (Wildman–Crippen MR) is 197 cm³/mol. The summed E-state index contributed by atoms with van der Waals surface area (Å²) in [6.07, 6.45) is 26.5. The summed E-state index contributed by atoms with van der Waals surface area (Å²) < 4.78 is 4.25. The van der Waals surface area contributed by atoms with Gasteiger partial charge in [-0.05, 0) is 140 Å². The molecule has 6 rings (SSSR count). The number of nitrogens with two attached hydrogens (primary N) is 1. The molecule has 258 valence electrons. The summed E-state index contributed by atoms with van der Waals surface area (Å²) in [5.41, 5.74) is 12.7. The van der Waals surface area contributed by atoms with E-state index in [9.17, 15) is 4.79 Å². The molecule has 0 saturated heterocycles. The topological polar surface area (TPSA) is 52.3 Å². The van der Waals surface area contributed by atoms with Crippen LogP contribution in [0, 0.1) is 45.3 Å². The maximum Gasteiger partial charge on any atom is 0.146 e. The number of methoxy groups -OCH3 is 1. The number of fused-ring (bicyclic) bond motifs is 7. The summed E-state index contributed by atoms with van der Waals surface area (Å²) in [6.45, 7) is 22.5. The van der Waals surface area contributed by atoms with Crippen LogP contribution in [0.5, 0.6) is 0 Å². The number of hydrogen-bond donors (Lipinski definition) is 1. The monoisotopic (exact) mass is 644 g/mol. The Labute approximate surface area is 283 Å². The molecule has 0 bridgehead atoms. The Morgan fingerprint density at radius 2 is 1.49 bits per heavy atom. The van der Waals surface area contributed by atoms with Gasteiger partial charge in [-0.25, -0.2) is 0 Å². The average molecular weight is 644 g/mol. The van der Waals surface area contributed by atoms with Crippen molar-refractivity contribution in [2.24, 2.45) is 51.1 Å². The molecule has 6 aliphatic rings. The first-order valence-electron chi connectivity index (χ1n) is 18.0. The molecule has 0 amide bonds. The van der Waals surface area contributed by atoms with Crippen LogP contribution in [0.4, 0.5) is 0 Å². The highest BCUT2D eigenvalue weighted by molar-refractivity contribution is 6.15. The third-order valence-corrected chi connectivity index (χ3v) is 13.7. The van der Waals surface area contributed by atoms with E-state index < -0.39 is 0 Å². The normalized spacial score (nSPS) is 40.2. The van der Waals surface area contributed by atoms with Crippen molar-refractivity contribution in [3.63, 3.8) is 0 Å². The molecular formula is C41H70ClNO2. The number of ether oxygens (including phenoxy) is 1. The number of carbonyl (C=O) groups excluding carboxylic acids is 1. The van der Waals surface area contributed by atoms with E-state index >= 15 is 0 Å². The van der Waals surface area contributed by atoms with Crippen LogP contribution in [0.25, 0.3) is 0 Å². The van der Waals surface area contributed by atoms with Gasteiger partial charge in [-0.15, -0.1) is 18.2 Å². The first-order valence-corrected chi connectivity index (χ1v) is 18.8. The van der Waals surface area contributed by atoms with E-state index in [2.05, 4.69) is 75.8 Å². The van der Waals surface area contributed by atoms with Gasteiger partial charge in [0.25, 0.3) is 0 Å². The summed E-state index contributed by atoms with van der Waals surface area (Å²) in [5.74, 6) is 3.13. The lowest BCUT2D eigenvalue weighted by molar-refractivity contribution is -0.216. The number of aldehydes is 1. The molecule has 0 aromatic heterocycles. The summed E-state index contributed by atoms with van der Waals surface area (Å²) >= 11 is 4.64. The van der Waals surface area contributed by atoms with Gasteiger partial charge in [0.05, 0.1) is 0 Å². The van der Waals surface area contributed by atoms with Crippen molar-refractivity contribution < 1.29 is 9.53 Å². The molecule has 4 saturated carbocycles. The zero-order valence-electron chi connectivity index (χ0n) is 31.2. The van der Waals surface area contributed by atoms with Crippen LogP contribution in [-0.2, 0) is 9.53 Å². The van der Waals surface area contributed by atoms with Crippen molar-refractivity contribution >= 4 is 17.9 Å². The Hall–Kier alpha value is -1.16. The third-order valence-electron chi connectivity index (χ3n) is 13.7. The largest absolute Gasteiger partial charge is 0.388 e. The maximum atomic E-state index is 11.3. The van der Waals surface area contributed by atoms with Crippen molar-refractivity contribution in [3.8, 4) is 0 Å². The maximum absolute atomic E-state index is 11.3. The second-order valence-electron chi connectivity index (χ2n) is 15.8. The molecule has 45 heavy (non-hydrogen) atoms. The van der Waals surface area contributed by atoms with E-state index in [1.54, 1.807) is 25.9 Å². The van der Waals surface area contributed by atoms with Gasteiger partial charge < -0.3 is 10.5 Å². The molecule has 8 atom stereocenters. The second kappa shape index (κ2) is 16.3. The van der Waals surface area contributed by atoms with E-state index in [0.29, 0.717) is 16.2 Å². The van der Waals surface area contributed by atoms with Crippen molar-refractivity contribution in [3.05, 3.63) is 47.6 Å². The number of hydrogen-bond acceptors (Lipinski definition) is 3. The zero-order chi connectivity index (χ0) is 34.3. The van der Waals surface area contributed by atoms with Crippen LogP contribution < -0.4 is 5.73 Å². The Balaban J connectivity index is 0.000000635. The lowest BCUT2D eigenvalue weighted by atomic mass is 9.33. The van der Waals surface area contributed by atoms with E-state index in [0.717, 1.165) is 48.4 Å². The molecule has 6 unspecified atom stereocenters. The fraction of sp³-hybridized carbons (Fsp3) is 0.780. The molecule has 4 fully saturated rings. The van der Waals surface area contributed by atoms with Crippen molar-refractivity contribution in [1.29, 1.82) is 0 Å². The standard InChI is InChI=1S/C33H49NO.C3H6.C2H6O.C2H6.CH3Cl/c1-29(2)24(23-10-8-22(21-35)9-11-23)14-17-30(3)27(29)15-18-32(5)28(30)13-12-25-26-7-6-16-33(26,34)20-19-31(25,32)4;2*1-3-2;2*1-2/h8,10,14,21,25-28H,6-7,9,11-13,15-20,34H2,1-5H3;3H,1H2,2H3;1-2H3;1-2H3;1H3/t25?,26-,27?,28?,30?,31-,32?,33?;;;;/m1..../s1. The predicted octanol–water partition coefficient (Wildman–Crippen LogP) is 11.3. The molecule has 2 N–H and O–H groups in total. The minimum absolute atomic E-state index is 0.144. The highest BCUT2D eigenvalue weighted by Gasteiger charge is 2.69. The van der Waals surface area contributed by atoms with Crippen LogP contribution in [0.1, 0.15) is 132 Å². The number of carbonyl (C=O) groups is 1. The van der Waals surface area contributed by atoms with Crippen LogP contribution in [-0.4, -0.2) is 32.4 Å². The number of alkyl halides is 1. The molecule has 6 aliphatic carbocycles. The van der Waals surface area contributed by atoms with Gasteiger partial charge >= 0.3 is 0 Å². The molecule has 0 heterocycles. The van der Waals surface area contributed by atoms with Gasteiger partial charge in [0.1, 0.15) is 6.29 Å². The Morgan fingerprint density at radius 1 is 0.867 bits per heavy atom. The highest BCUT2D eigenvalue weighted by Crippen LogP contribution is 2.75. The van der Waals surface area contributed by atoms with Crippen molar-refractivity contribution in [2.75, 3.05) is 20.6 Å². The van der Waals surface area contributed by atoms with Gasteiger partial charge in [0.15, 0.2) is 0 Å². The SMILES string of the molecule is C=CC.CC.CC1(C)C(C2=CC=C(C=O)CC2)=CCC2(C)C1CCC1(C)C2CCC2[C@H]3CCCC3(N)CC[C@]21C.CCl.COC. The van der Waals surface area contributed by atoms with E-state index in [1.807, 2.05) is 20.8 Å². The summed E-state index contributed by atoms with van der Waals surface area (Å²) in [5, 5.41) is 0. The lowest BCUT2D eigenvalue weighted by Gasteiger charge is -2.72. The first kappa shape index (κ1) is 40.0. The van der Waals surface area contributed by atoms with Gasteiger partial charge in [0, 0.05) is 26.1 Å². The molecular weight excluding hydrogens is 574 g/mol. The fourth-order valence-corrected chi connectivity index (χ4v) is 11.7. The summed E-state index contributed by atoms with van der Waals surface area (Å²) in [6, 6.07) is 0. The quantitative estimate of drug-likeness (QED) is 0.185. The molecule has 3 nitrogen and oxygen atoms in total. The Morgan fingerprint density at radius 3 is 2.04 bits per heavy atom. The average Bonchev–Trinajstić information content (AvgIpc) is 3.42. The molecule has 4 heteroatoms. The zero-order valence-corrected chi connectivity index (χ0v) is 31.9. The molecule has 0 aromatic carbocycles. The third kappa shape index (κ3) is 7.03. The highest BCUT2D eigenvalue weighted by atomic mass is 35.5. The van der Waals surface area contributed by atoms with E-state index in [1.165, 1.54) is 76.2 Å². The van der Waals surface area contributed by atoms with Crippen LogP contribution >= 0.6 is 11.6 Å². The molecule has 0 radical (unpaired) electrons. The summed E-state index contributed by atoms with van der Waals surface area (Å²) in [4.78, 5) is 11.3. The lowest BCUT2D eigenvalue weighted by Crippen LogP contribution is -2.66. The van der Waals surface area contributed by atoms with Crippen LogP contribution in [0.15, 0.2) is 47.6 Å². The van der Waals surface area contributed by atoms with Crippen LogP contribution in [0.2, 0.25) is 0 Å². The van der Waals surface area contributed by atoms with Crippen LogP contribution in [0.3, 0.4) is 0 Å².